The predicted octanol–water partition coefficient (Wildman–Crippen LogP) is 3.47. The van der Waals surface area contributed by atoms with Crippen LogP contribution in [0.4, 0.5) is 5.82 Å². The Labute approximate surface area is 171 Å². The normalized spacial score (nSPS) is 14.0. The van der Waals surface area contributed by atoms with E-state index in [1.807, 2.05) is 0 Å². The largest absolute Gasteiger partial charge is 0.481 e. The van der Waals surface area contributed by atoms with E-state index in [-0.39, 0.29) is 18.6 Å². The average Bonchev–Trinajstić information content (AvgIpc) is 2.72. The molecule has 0 bridgehead atoms. The van der Waals surface area contributed by atoms with E-state index < -0.39 is 11.9 Å². The van der Waals surface area contributed by atoms with E-state index in [1.165, 1.54) is 11.8 Å². The van der Waals surface area contributed by atoms with Gasteiger partial charge in [-0.2, -0.15) is 0 Å². The first-order valence-corrected chi connectivity index (χ1v) is 10.3. The summed E-state index contributed by atoms with van der Waals surface area (Å²) < 4.78 is 0. The summed E-state index contributed by atoms with van der Waals surface area (Å²) in [5.74, 6) is -0.664. The van der Waals surface area contributed by atoms with Gasteiger partial charge in [0.05, 0.1) is 11.4 Å². The Morgan fingerprint density at radius 2 is 2.03 bits per heavy atom. The Hall–Kier alpha value is -2.83. The third-order valence-electron chi connectivity index (χ3n) is 5.26. The summed E-state index contributed by atoms with van der Waals surface area (Å²) in [4.78, 5) is 36.7. The highest BCUT2D eigenvalue weighted by Gasteiger charge is 2.22. The zero-order valence-electron chi connectivity index (χ0n) is 16.9. The molecule has 2 aromatic rings. The lowest BCUT2D eigenvalue weighted by Gasteiger charge is -2.17. The molecule has 0 fully saturated rings. The second-order valence-corrected chi connectivity index (χ2v) is 7.60. The fourth-order valence-electron chi connectivity index (χ4n) is 3.55. The molecule has 29 heavy (non-hydrogen) atoms. The number of aromatic nitrogens is 3. The van der Waals surface area contributed by atoms with Gasteiger partial charge in [0.25, 0.3) is 0 Å². The smallest absolute Gasteiger partial charge is 0.312 e. The van der Waals surface area contributed by atoms with E-state index in [0.29, 0.717) is 12.1 Å². The summed E-state index contributed by atoms with van der Waals surface area (Å²) >= 11 is 0. The van der Waals surface area contributed by atoms with Gasteiger partial charge in [-0.25, -0.2) is 4.98 Å². The molecule has 2 N–H and O–H groups in total. The van der Waals surface area contributed by atoms with Crippen LogP contribution in [-0.4, -0.2) is 38.4 Å². The standard InChI is InChI=1S/C22H28N4O3/c1-15-13-25-20(14-24-15)19(22(28)29)11-10-18(27)7-3-2-6-17-9-8-16-5-4-12-23-21(16)26-17/h8-9,13-14,19H,2-7,10-12H2,1H3,(H,23,26)(H,28,29)/t19-/m1/s1. The minimum atomic E-state index is -0.969. The monoisotopic (exact) mass is 396 g/mol. The van der Waals surface area contributed by atoms with E-state index in [9.17, 15) is 14.7 Å². The van der Waals surface area contributed by atoms with Crippen LogP contribution < -0.4 is 5.32 Å². The number of carboxylic acids is 1. The van der Waals surface area contributed by atoms with Crippen molar-refractivity contribution in [2.45, 2.75) is 64.2 Å². The number of pyridine rings is 1. The number of anilines is 1. The van der Waals surface area contributed by atoms with E-state index in [1.54, 1.807) is 13.1 Å². The molecule has 1 atom stereocenters. The lowest BCUT2D eigenvalue weighted by atomic mass is 9.96. The maximum Gasteiger partial charge on any atom is 0.312 e. The van der Waals surface area contributed by atoms with Gasteiger partial charge in [0.15, 0.2) is 0 Å². The summed E-state index contributed by atoms with van der Waals surface area (Å²) in [6.07, 6.45) is 8.75. The van der Waals surface area contributed by atoms with Gasteiger partial charge in [-0.3, -0.25) is 19.6 Å². The van der Waals surface area contributed by atoms with Crippen LogP contribution in [0.15, 0.2) is 24.5 Å². The van der Waals surface area contributed by atoms with Crippen molar-refractivity contribution in [1.82, 2.24) is 15.0 Å². The van der Waals surface area contributed by atoms with Crippen LogP contribution in [0.2, 0.25) is 0 Å². The van der Waals surface area contributed by atoms with Gasteiger partial charge < -0.3 is 10.4 Å². The summed E-state index contributed by atoms with van der Waals surface area (Å²) in [5.41, 5.74) is 3.47. The summed E-state index contributed by atoms with van der Waals surface area (Å²) in [7, 11) is 0. The summed E-state index contributed by atoms with van der Waals surface area (Å²) in [6.45, 7) is 2.77. The molecule has 0 saturated carbocycles. The van der Waals surface area contributed by atoms with Crippen LogP contribution in [-0.2, 0) is 22.4 Å². The van der Waals surface area contributed by atoms with Crippen molar-refractivity contribution in [3.8, 4) is 0 Å². The van der Waals surface area contributed by atoms with Crippen LogP contribution in [0.25, 0.3) is 0 Å². The fraction of sp³-hybridized carbons (Fsp3) is 0.500. The second kappa shape index (κ2) is 10.1. The van der Waals surface area contributed by atoms with Crippen molar-refractivity contribution in [3.05, 3.63) is 47.2 Å². The van der Waals surface area contributed by atoms with Crippen LogP contribution in [0.5, 0.6) is 0 Å². The molecule has 0 radical (unpaired) electrons. The zero-order valence-corrected chi connectivity index (χ0v) is 16.9. The molecule has 0 aromatic carbocycles. The lowest BCUT2D eigenvalue weighted by Crippen LogP contribution is -2.15. The molecule has 0 saturated heterocycles. The number of aryl methyl sites for hydroxylation is 3. The van der Waals surface area contributed by atoms with Crippen molar-refractivity contribution in [1.29, 1.82) is 0 Å². The third kappa shape index (κ3) is 6.07. The van der Waals surface area contributed by atoms with Gasteiger partial charge in [-0.15, -0.1) is 0 Å². The minimum Gasteiger partial charge on any atom is -0.481 e. The van der Waals surface area contributed by atoms with E-state index in [4.69, 9.17) is 0 Å². The molecular formula is C22H28N4O3. The second-order valence-electron chi connectivity index (χ2n) is 7.60. The van der Waals surface area contributed by atoms with Crippen LogP contribution >= 0.6 is 0 Å². The Morgan fingerprint density at radius 1 is 1.17 bits per heavy atom. The van der Waals surface area contributed by atoms with E-state index >= 15 is 0 Å². The van der Waals surface area contributed by atoms with Gasteiger partial charge in [0.2, 0.25) is 0 Å². The number of rotatable bonds is 10. The quantitative estimate of drug-likeness (QED) is 0.592. The molecular weight excluding hydrogens is 368 g/mol. The number of Topliss-reactive ketones (excluding diaryl/α,β-unsaturated/α-hetero) is 1. The highest BCUT2D eigenvalue weighted by Crippen LogP contribution is 2.22. The zero-order chi connectivity index (χ0) is 20.6. The molecule has 0 aliphatic carbocycles. The molecule has 7 nitrogen and oxygen atoms in total. The molecule has 7 heteroatoms. The number of nitrogens with one attached hydrogen (secondary N) is 1. The Bertz CT molecular complexity index is 852. The first kappa shape index (κ1) is 20.9. The molecule has 1 aliphatic heterocycles. The molecule has 1 aliphatic rings. The molecule has 2 aromatic heterocycles. The first-order valence-electron chi connectivity index (χ1n) is 10.3. The lowest BCUT2D eigenvalue weighted by molar-refractivity contribution is -0.139. The number of carbonyl (C=O) groups is 2. The van der Waals surface area contributed by atoms with Crippen molar-refractivity contribution < 1.29 is 14.7 Å². The van der Waals surface area contributed by atoms with Crippen LogP contribution in [0.1, 0.15) is 67.1 Å². The molecule has 3 heterocycles. The number of aliphatic carboxylic acids is 1. The first-order chi connectivity index (χ1) is 14.0. The number of unbranched alkanes of at least 4 members (excludes halogenated alkanes) is 1. The number of hydrogen-bond donors (Lipinski definition) is 2. The van der Waals surface area contributed by atoms with Gasteiger partial charge in [0.1, 0.15) is 17.5 Å². The number of ketones is 1. The number of hydrogen-bond acceptors (Lipinski definition) is 6. The fourth-order valence-corrected chi connectivity index (χ4v) is 3.55. The Kier molecular flexibility index (Phi) is 7.27. The SMILES string of the molecule is Cc1cnc([C@@H](CCC(=O)CCCCc2ccc3c(n2)NCCC3)C(=O)O)cn1. The topological polar surface area (TPSA) is 105 Å². The van der Waals surface area contributed by atoms with E-state index in [0.717, 1.165) is 55.9 Å². The molecule has 154 valence electrons. The van der Waals surface area contributed by atoms with Crippen LogP contribution in [0.3, 0.4) is 0 Å². The number of carbonyl (C=O) groups excluding carboxylic acids is 1. The van der Waals surface area contributed by atoms with Crippen molar-refractivity contribution >= 4 is 17.6 Å². The number of fused-ring (bicyclic) bond motifs is 1. The molecule has 0 amide bonds. The highest BCUT2D eigenvalue weighted by molar-refractivity contribution is 5.80. The Balaban J connectivity index is 1.40. The van der Waals surface area contributed by atoms with E-state index in [2.05, 4.69) is 32.4 Å². The van der Waals surface area contributed by atoms with Gasteiger partial charge >= 0.3 is 5.97 Å². The highest BCUT2D eigenvalue weighted by atomic mass is 16.4. The third-order valence-corrected chi connectivity index (χ3v) is 5.26. The molecule has 0 unspecified atom stereocenters. The van der Waals surface area contributed by atoms with Gasteiger partial charge in [-0.05, 0) is 57.1 Å². The maximum absolute atomic E-state index is 12.2. The van der Waals surface area contributed by atoms with Gasteiger partial charge in [0, 0.05) is 37.5 Å². The van der Waals surface area contributed by atoms with Gasteiger partial charge in [-0.1, -0.05) is 6.07 Å². The molecule has 0 spiro atoms. The van der Waals surface area contributed by atoms with Crippen molar-refractivity contribution in [2.24, 2.45) is 0 Å². The average molecular weight is 396 g/mol. The van der Waals surface area contributed by atoms with Crippen LogP contribution in [0, 0.1) is 6.92 Å². The number of nitrogens with zero attached hydrogens (tertiary/aromatic N) is 3. The summed E-state index contributed by atoms with van der Waals surface area (Å²) in [6, 6.07) is 4.22. The minimum absolute atomic E-state index is 0.0939. The number of carboxylic acid groups (broad SMARTS) is 1. The summed E-state index contributed by atoms with van der Waals surface area (Å²) in [5, 5.41) is 12.8. The molecule has 3 rings (SSSR count). The maximum atomic E-state index is 12.2. The van der Waals surface area contributed by atoms with Crippen molar-refractivity contribution in [2.75, 3.05) is 11.9 Å². The Morgan fingerprint density at radius 3 is 2.79 bits per heavy atom. The van der Waals surface area contributed by atoms with Crippen molar-refractivity contribution in [3.63, 3.8) is 0 Å². The predicted molar refractivity (Wildman–Crippen MR) is 110 cm³/mol.